The highest BCUT2D eigenvalue weighted by atomic mass is 16.3. The number of hydrogen-bond acceptors (Lipinski definition) is 0. The zero-order valence-electron chi connectivity index (χ0n) is 12.1. The molecule has 0 unspecified atom stereocenters. The molecule has 1 aromatic heterocycles. The fourth-order valence-electron chi connectivity index (χ4n) is 2.71. The fraction of sp³-hybridized carbons (Fsp3) is 0. The Balaban J connectivity index is 1.73. The number of rotatable bonds is 2. The van der Waals surface area contributed by atoms with E-state index in [1.54, 1.807) is 6.26 Å². The molecule has 0 aliphatic carbocycles. The fourth-order valence-corrected chi connectivity index (χ4v) is 2.71. The highest BCUT2D eigenvalue weighted by Gasteiger charge is 2.06. The molecule has 0 fully saturated rings. The maximum Gasteiger partial charge on any atom is 0.359 e. The van der Waals surface area contributed by atoms with Crippen LogP contribution in [0.25, 0.3) is 33.2 Å². The van der Waals surface area contributed by atoms with Crippen molar-refractivity contribution in [3.63, 3.8) is 0 Å². The van der Waals surface area contributed by atoms with E-state index in [9.17, 15) is 0 Å². The zero-order chi connectivity index (χ0) is 14.8. The topological polar surface area (TPSA) is 11.3 Å². The Bertz CT molecular complexity index is 909. The second-order valence-corrected chi connectivity index (χ2v) is 5.31. The van der Waals surface area contributed by atoms with Crippen molar-refractivity contribution in [1.82, 2.24) is 0 Å². The third kappa shape index (κ3) is 2.38. The molecule has 3 aromatic carbocycles. The molecule has 4 aromatic rings. The highest BCUT2D eigenvalue weighted by molar-refractivity contribution is 5.83. The molecule has 0 saturated carbocycles. The van der Waals surface area contributed by atoms with Crippen LogP contribution in [0.1, 0.15) is 0 Å². The van der Waals surface area contributed by atoms with Gasteiger partial charge in [-0.05, 0) is 40.5 Å². The standard InChI is InChI=1S/C21H15O/c1-2-5-16(6-3-1)17-8-10-18(11-9-17)19-12-13-21-20(15-19)7-4-14-22-21/h1-15H/q+1. The first-order valence-corrected chi connectivity index (χ1v) is 7.37. The summed E-state index contributed by atoms with van der Waals surface area (Å²) in [6.45, 7) is 0. The highest BCUT2D eigenvalue weighted by Crippen LogP contribution is 2.27. The van der Waals surface area contributed by atoms with Crippen LogP contribution in [0.4, 0.5) is 0 Å². The van der Waals surface area contributed by atoms with Gasteiger partial charge in [0, 0.05) is 12.1 Å². The molecule has 0 N–H and O–H groups in total. The Morgan fingerprint density at radius 1 is 0.500 bits per heavy atom. The maximum atomic E-state index is 5.48. The smallest absolute Gasteiger partial charge is 0.216 e. The molecule has 0 bridgehead atoms. The minimum atomic E-state index is 0.909. The molecular weight excluding hydrogens is 268 g/mol. The zero-order valence-corrected chi connectivity index (χ0v) is 12.1. The SMILES string of the molecule is c1ccc(-c2ccc(-c3ccc4[o+]cccc4c3)cc2)cc1. The Hall–Kier alpha value is -2.93. The normalized spacial score (nSPS) is 10.7. The first-order valence-electron chi connectivity index (χ1n) is 7.37. The summed E-state index contributed by atoms with van der Waals surface area (Å²) in [4.78, 5) is 0. The number of hydrogen-bond donors (Lipinski definition) is 0. The average Bonchev–Trinajstić information content (AvgIpc) is 2.62. The second-order valence-electron chi connectivity index (χ2n) is 5.31. The van der Waals surface area contributed by atoms with Crippen molar-refractivity contribution in [2.45, 2.75) is 0 Å². The summed E-state index contributed by atoms with van der Waals surface area (Å²) in [5.74, 6) is 0. The molecule has 0 saturated heterocycles. The van der Waals surface area contributed by atoms with Crippen LogP contribution in [0.3, 0.4) is 0 Å². The van der Waals surface area contributed by atoms with Gasteiger partial charge in [-0.3, -0.25) is 0 Å². The Labute approximate surface area is 129 Å². The van der Waals surface area contributed by atoms with E-state index in [0.29, 0.717) is 0 Å². The predicted molar refractivity (Wildman–Crippen MR) is 91.5 cm³/mol. The monoisotopic (exact) mass is 283 g/mol. The van der Waals surface area contributed by atoms with E-state index in [1.165, 1.54) is 22.3 Å². The van der Waals surface area contributed by atoms with Crippen LogP contribution < -0.4 is 0 Å². The van der Waals surface area contributed by atoms with E-state index in [4.69, 9.17) is 4.42 Å². The third-order valence-electron chi connectivity index (χ3n) is 3.88. The van der Waals surface area contributed by atoms with Gasteiger partial charge in [-0.15, -0.1) is 0 Å². The van der Waals surface area contributed by atoms with Crippen LogP contribution in [-0.4, -0.2) is 0 Å². The van der Waals surface area contributed by atoms with Gasteiger partial charge in [0.2, 0.25) is 0 Å². The molecule has 104 valence electrons. The van der Waals surface area contributed by atoms with Crippen molar-refractivity contribution in [3.05, 3.63) is 91.2 Å². The van der Waals surface area contributed by atoms with Crippen LogP contribution in [0.15, 0.2) is 95.6 Å². The lowest BCUT2D eigenvalue weighted by Crippen LogP contribution is -1.81. The Morgan fingerprint density at radius 2 is 1.14 bits per heavy atom. The molecule has 0 spiro atoms. The average molecular weight is 283 g/mol. The summed E-state index contributed by atoms with van der Waals surface area (Å²) in [7, 11) is 0. The summed E-state index contributed by atoms with van der Waals surface area (Å²) < 4.78 is 5.48. The van der Waals surface area contributed by atoms with Gasteiger partial charge in [-0.1, -0.05) is 54.6 Å². The lowest BCUT2D eigenvalue weighted by molar-refractivity contribution is 0.604. The lowest BCUT2D eigenvalue weighted by Gasteiger charge is -2.05. The summed E-state index contributed by atoms with van der Waals surface area (Å²) in [6.07, 6.45) is 1.71. The molecule has 1 heterocycles. The predicted octanol–water partition coefficient (Wildman–Crippen LogP) is 6.05. The van der Waals surface area contributed by atoms with Gasteiger partial charge in [-0.2, -0.15) is 0 Å². The van der Waals surface area contributed by atoms with Crippen LogP contribution in [-0.2, 0) is 0 Å². The number of benzene rings is 3. The van der Waals surface area contributed by atoms with Crippen molar-refractivity contribution in [3.8, 4) is 22.3 Å². The van der Waals surface area contributed by atoms with E-state index in [0.717, 1.165) is 11.0 Å². The van der Waals surface area contributed by atoms with Gasteiger partial charge >= 0.3 is 11.8 Å². The van der Waals surface area contributed by atoms with Crippen LogP contribution in [0, 0.1) is 0 Å². The van der Waals surface area contributed by atoms with Crippen molar-refractivity contribution >= 4 is 11.0 Å². The maximum absolute atomic E-state index is 5.48. The molecule has 0 radical (unpaired) electrons. The molecule has 0 amide bonds. The molecule has 0 atom stereocenters. The van der Waals surface area contributed by atoms with Crippen molar-refractivity contribution < 1.29 is 4.42 Å². The first kappa shape index (κ1) is 12.8. The van der Waals surface area contributed by atoms with Gasteiger partial charge in [0.15, 0.2) is 0 Å². The Morgan fingerprint density at radius 3 is 1.91 bits per heavy atom. The largest absolute Gasteiger partial charge is 0.359 e. The molecular formula is C21H15O+. The summed E-state index contributed by atoms with van der Waals surface area (Å²) in [5, 5.41) is 1.12. The van der Waals surface area contributed by atoms with Gasteiger partial charge < -0.3 is 0 Å². The molecule has 22 heavy (non-hydrogen) atoms. The summed E-state index contributed by atoms with van der Waals surface area (Å²) >= 11 is 0. The number of fused-ring (bicyclic) bond motifs is 1. The summed E-state index contributed by atoms with van der Waals surface area (Å²) in [6, 6.07) is 29.4. The van der Waals surface area contributed by atoms with Crippen LogP contribution in [0.5, 0.6) is 0 Å². The van der Waals surface area contributed by atoms with Crippen LogP contribution >= 0.6 is 0 Å². The minimum Gasteiger partial charge on any atom is -0.216 e. The molecule has 0 aliphatic rings. The summed E-state index contributed by atoms with van der Waals surface area (Å²) in [5.41, 5.74) is 5.80. The Kier molecular flexibility index (Phi) is 3.17. The third-order valence-corrected chi connectivity index (χ3v) is 3.88. The van der Waals surface area contributed by atoms with E-state index < -0.39 is 0 Å². The van der Waals surface area contributed by atoms with Gasteiger partial charge in [-0.25, -0.2) is 4.42 Å². The molecule has 0 aliphatic heterocycles. The van der Waals surface area contributed by atoms with E-state index in [2.05, 4.69) is 66.7 Å². The van der Waals surface area contributed by atoms with Crippen molar-refractivity contribution in [1.29, 1.82) is 0 Å². The van der Waals surface area contributed by atoms with Gasteiger partial charge in [0.25, 0.3) is 0 Å². The molecule has 1 heteroatoms. The van der Waals surface area contributed by atoms with E-state index in [-0.39, 0.29) is 0 Å². The quantitative estimate of drug-likeness (QED) is 0.408. The van der Waals surface area contributed by atoms with Crippen LogP contribution in [0.2, 0.25) is 0 Å². The molecule has 4 rings (SSSR count). The van der Waals surface area contributed by atoms with Gasteiger partial charge in [0.05, 0.1) is 5.39 Å². The van der Waals surface area contributed by atoms with Crippen molar-refractivity contribution in [2.75, 3.05) is 0 Å². The molecule has 1 nitrogen and oxygen atoms in total. The lowest BCUT2D eigenvalue weighted by atomic mass is 9.99. The van der Waals surface area contributed by atoms with E-state index >= 15 is 0 Å². The minimum absolute atomic E-state index is 0.909. The van der Waals surface area contributed by atoms with E-state index in [1.807, 2.05) is 18.2 Å². The first-order chi connectivity index (χ1) is 10.9. The van der Waals surface area contributed by atoms with Gasteiger partial charge in [0.1, 0.15) is 0 Å². The van der Waals surface area contributed by atoms with Crippen molar-refractivity contribution in [2.24, 2.45) is 0 Å². The second kappa shape index (κ2) is 5.45.